The van der Waals surface area contributed by atoms with Gasteiger partial charge in [0.15, 0.2) is 11.6 Å². The molecule has 2 rings (SSSR count). The Balaban J connectivity index is 2.39. The molecule has 0 spiro atoms. The van der Waals surface area contributed by atoms with Crippen LogP contribution in [0.3, 0.4) is 0 Å². The Morgan fingerprint density at radius 3 is 2.55 bits per heavy atom. The van der Waals surface area contributed by atoms with E-state index in [4.69, 9.17) is 20.2 Å². The van der Waals surface area contributed by atoms with Crippen LogP contribution in [0.15, 0.2) is 17.0 Å². The average Bonchev–Trinajstić information content (AvgIpc) is 2.31. The Hall–Kier alpha value is -1.38. The van der Waals surface area contributed by atoms with Gasteiger partial charge in [0, 0.05) is 10.7 Å². The Kier molecular flexibility index (Phi) is 4.17. The minimum Gasteiger partial charge on any atom is -0.492 e. The summed E-state index contributed by atoms with van der Waals surface area (Å²) >= 11 is 0. The van der Waals surface area contributed by atoms with Crippen LogP contribution in [0.25, 0.3) is 0 Å². The summed E-state index contributed by atoms with van der Waals surface area (Å²) in [6.45, 7) is 0.510. The van der Waals surface area contributed by atoms with Gasteiger partial charge < -0.3 is 14.2 Å². The molecule has 20 heavy (non-hydrogen) atoms. The van der Waals surface area contributed by atoms with Gasteiger partial charge in [-0.3, -0.25) is 0 Å². The maximum absolute atomic E-state index is 13.8. The fraction of sp³-hybridized carbons (Fsp3) is 0.364. The maximum Gasteiger partial charge on any atom is 0.338 e. The van der Waals surface area contributed by atoms with E-state index < -0.39 is 37.6 Å². The first-order valence-electron chi connectivity index (χ1n) is 5.44. The van der Waals surface area contributed by atoms with E-state index in [1.54, 1.807) is 0 Å². The van der Waals surface area contributed by atoms with Crippen molar-refractivity contribution in [1.82, 2.24) is 0 Å². The lowest BCUT2D eigenvalue weighted by molar-refractivity contribution is -0.103. The summed E-state index contributed by atoms with van der Waals surface area (Å²) in [6.07, 6.45) is -0.413. The quantitative estimate of drug-likeness (QED) is 0.614. The minimum absolute atomic E-state index is 0.255. The number of esters is 1. The zero-order valence-electron chi connectivity index (χ0n) is 10.3. The summed E-state index contributed by atoms with van der Waals surface area (Å²) in [5, 5.41) is 0. The number of rotatable bonds is 4. The fourth-order valence-corrected chi connectivity index (χ4v) is 2.58. The van der Waals surface area contributed by atoms with Crippen molar-refractivity contribution in [2.75, 3.05) is 20.3 Å². The van der Waals surface area contributed by atoms with E-state index in [1.165, 1.54) is 0 Å². The molecular weight excluding hydrogens is 315 g/mol. The number of ether oxygens (including phenoxy) is 3. The van der Waals surface area contributed by atoms with Crippen molar-refractivity contribution in [3.63, 3.8) is 0 Å². The molecule has 0 amide bonds. The van der Waals surface area contributed by atoms with Gasteiger partial charge in [0.2, 0.25) is 0 Å². The molecule has 1 saturated heterocycles. The molecule has 1 aliphatic rings. The fourth-order valence-electron chi connectivity index (χ4n) is 1.57. The number of carbonyl (C=O) groups is 1. The molecule has 6 nitrogen and oxygen atoms in total. The highest BCUT2D eigenvalue weighted by atomic mass is 35.7. The standard InChI is InChI=1S/C11H10ClFO6S/c1-17-10-8(13)2-6(3-9(10)20(12,15)16)11(14)19-7-4-18-5-7/h2-3,7H,4-5H2,1H3. The molecule has 1 heterocycles. The minimum atomic E-state index is -4.27. The normalized spacial score (nSPS) is 15.6. The van der Waals surface area contributed by atoms with Crippen molar-refractivity contribution in [2.45, 2.75) is 11.0 Å². The van der Waals surface area contributed by atoms with Crippen LogP contribution in [-0.4, -0.2) is 40.8 Å². The predicted molar refractivity (Wildman–Crippen MR) is 66.0 cm³/mol. The summed E-state index contributed by atoms with van der Waals surface area (Å²) in [7, 11) is 2.01. The SMILES string of the molecule is COc1c(F)cc(C(=O)OC2COC2)cc1S(=O)(=O)Cl. The topological polar surface area (TPSA) is 78.9 Å². The lowest BCUT2D eigenvalue weighted by atomic mass is 10.2. The molecule has 9 heteroatoms. The Morgan fingerprint density at radius 1 is 1.45 bits per heavy atom. The van der Waals surface area contributed by atoms with E-state index in [1.807, 2.05) is 0 Å². The highest BCUT2D eigenvalue weighted by Gasteiger charge is 2.27. The maximum atomic E-state index is 13.8. The third-order valence-corrected chi connectivity index (χ3v) is 3.92. The molecule has 1 fully saturated rings. The second-order valence-corrected chi connectivity index (χ2v) is 6.53. The average molecular weight is 325 g/mol. The lowest BCUT2D eigenvalue weighted by Crippen LogP contribution is -2.37. The molecule has 1 aromatic carbocycles. The van der Waals surface area contributed by atoms with Gasteiger partial charge in [-0.15, -0.1) is 0 Å². The monoisotopic (exact) mass is 324 g/mol. The van der Waals surface area contributed by atoms with Crippen LogP contribution in [0, 0.1) is 5.82 Å². The van der Waals surface area contributed by atoms with Gasteiger partial charge in [0.1, 0.15) is 11.0 Å². The van der Waals surface area contributed by atoms with Crippen molar-refractivity contribution >= 4 is 25.7 Å². The van der Waals surface area contributed by atoms with Gasteiger partial charge >= 0.3 is 5.97 Å². The number of benzene rings is 1. The summed E-state index contributed by atoms with van der Waals surface area (Å²) in [5.41, 5.74) is -0.269. The number of hydrogen-bond acceptors (Lipinski definition) is 6. The van der Waals surface area contributed by atoms with Gasteiger partial charge in [-0.1, -0.05) is 0 Å². The highest BCUT2D eigenvalue weighted by molar-refractivity contribution is 8.13. The lowest BCUT2D eigenvalue weighted by Gasteiger charge is -2.25. The molecule has 0 aromatic heterocycles. The number of carbonyl (C=O) groups excluding carboxylic acids is 1. The first-order chi connectivity index (χ1) is 9.32. The van der Waals surface area contributed by atoms with Crippen molar-refractivity contribution < 1.29 is 31.8 Å². The number of hydrogen-bond donors (Lipinski definition) is 0. The summed E-state index contributed by atoms with van der Waals surface area (Å²) < 4.78 is 50.9. The van der Waals surface area contributed by atoms with E-state index in [2.05, 4.69) is 4.74 Å². The first-order valence-corrected chi connectivity index (χ1v) is 7.74. The third-order valence-electron chi connectivity index (χ3n) is 2.59. The number of halogens is 2. The van der Waals surface area contributed by atoms with Gasteiger partial charge in [-0.05, 0) is 12.1 Å². The van der Waals surface area contributed by atoms with Crippen LogP contribution in [0.1, 0.15) is 10.4 Å². The Bertz CT molecular complexity index is 641. The smallest absolute Gasteiger partial charge is 0.338 e. The first kappa shape index (κ1) is 15.0. The highest BCUT2D eigenvalue weighted by Crippen LogP contribution is 2.31. The summed E-state index contributed by atoms with van der Waals surface area (Å²) in [4.78, 5) is 11.1. The molecule has 1 aromatic rings. The van der Waals surface area contributed by atoms with Gasteiger partial charge in [-0.2, -0.15) is 0 Å². The van der Waals surface area contributed by atoms with Crippen LogP contribution in [0.2, 0.25) is 0 Å². The van der Waals surface area contributed by atoms with Crippen molar-refractivity contribution in [1.29, 1.82) is 0 Å². The summed E-state index contributed by atoms with van der Waals surface area (Å²) in [6, 6.07) is 1.73. The van der Waals surface area contributed by atoms with E-state index in [0.29, 0.717) is 0 Å². The molecule has 0 bridgehead atoms. The molecule has 0 aliphatic carbocycles. The molecule has 0 atom stereocenters. The van der Waals surface area contributed by atoms with E-state index >= 15 is 0 Å². The molecule has 0 unspecified atom stereocenters. The van der Waals surface area contributed by atoms with Crippen LogP contribution in [0.4, 0.5) is 4.39 Å². The largest absolute Gasteiger partial charge is 0.492 e. The van der Waals surface area contributed by atoms with Crippen molar-refractivity contribution in [2.24, 2.45) is 0 Å². The van der Waals surface area contributed by atoms with Crippen molar-refractivity contribution in [3.05, 3.63) is 23.5 Å². The zero-order valence-corrected chi connectivity index (χ0v) is 11.8. The summed E-state index contributed by atoms with van der Waals surface area (Å²) in [5.74, 6) is -2.43. The van der Waals surface area contributed by atoms with Gasteiger partial charge in [0.25, 0.3) is 9.05 Å². The molecular formula is C11H10ClFO6S. The van der Waals surface area contributed by atoms with E-state index in [0.717, 1.165) is 19.2 Å². The van der Waals surface area contributed by atoms with Gasteiger partial charge in [0.05, 0.1) is 25.9 Å². The van der Waals surface area contributed by atoms with Crippen LogP contribution in [0.5, 0.6) is 5.75 Å². The second-order valence-electron chi connectivity index (χ2n) is 3.99. The Morgan fingerprint density at radius 2 is 2.10 bits per heavy atom. The third kappa shape index (κ3) is 3.02. The van der Waals surface area contributed by atoms with Crippen LogP contribution >= 0.6 is 10.7 Å². The van der Waals surface area contributed by atoms with Crippen molar-refractivity contribution in [3.8, 4) is 5.75 Å². The van der Waals surface area contributed by atoms with Crippen LogP contribution < -0.4 is 4.74 Å². The molecule has 0 saturated carbocycles. The molecule has 110 valence electrons. The Labute approximate surface area is 118 Å². The second kappa shape index (κ2) is 5.55. The zero-order chi connectivity index (χ0) is 14.9. The predicted octanol–water partition coefficient (Wildman–Crippen LogP) is 1.32. The number of methoxy groups -OCH3 is 1. The molecule has 0 radical (unpaired) electrons. The van der Waals surface area contributed by atoms with Crippen LogP contribution in [-0.2, 0) is 18.5 Å². The van der Waals surface area contributed by atoms with Gasteiger partial charge in [-0.25, -0.2) is 17.6 Å². The van der Waals surface area contributed by atoms with E-state index in [9.17, 15) is 17.6 Å². The molecule has 1 aliphatic heterocycles. The molecule has 0 N–H and O–H groups in total. The van der Waals surface area contributed by atoms with E-state index in [-0.39, 0.29) is 18.8 Å².